The molecule has 3 nitrogen and oxygen atoms in total. The van der Waals surface area contributed by atoms with Gasteiger partial charge in [0.2, 0.25) is 0 Å². The molecule has 0 aliphatic carbocycles. The largest absolute Gasteiger partial charge is 1.00 e. The van der Waals surface area contributed by atoms with Gasteiger partial charge in [0, 0.05) is 6.42 Å². The van der Waals surface area contributed by atoms with Crippen molar-refractivity contribution in [3.8, 4) is 5.75 Å². The van der Waals surface area contributed by atoms with Crippen LogP contribution in [0, 0.1) is 0 Å². The van der Waals surface area contributed by atoms with Crippen LogP contribution in [0.4, 0.5) is 0 Å². The maximum absolute atomic E-state index is 11.4. The van der Waals surface area contributed by atoms with Gasteiger partial charge in [0.15, 0.2) is 0 Å². The smallest absolute Gasteiger partial charge is 0.546 e. The van der Waals surface area contributed by atoms with Gasteiger partial charge in [-0.15, -0.1) is 0 Å². The van der Waals surface area contributed by atoms with E-state index in [0.717, 1.165) is 16.7 Å². The van der Waals surface area contributed by atoms with Crippen molar-refractivity contribution in [3.63, 3.8) is 0 Å². The van der Waals surface area contributed by atoms with Gasteiger partial charge in [-0.25, -0.2) is 0 Å². The normalized spacial score (nSPS) is 11.6. The second-order valence-electron chi connectivity index (χ2n) is 5.93. The van der Waals surface area contributed by atoms with Crippen molar-refractivity contribution in [2.45, 2.75) is 12.5 Å². The summed E-state index contributed by atoms with van der Waals surface area (Å²) in [5.74, 6) is -0.714. The molecule has 0 aromatic heterocycles. The first kappa shape index (κ1) is 21.0. The number of hydrogen-bond acceptors (Lipinski definition) is 3. The van der Waals surface area contributed by atoms with E-state index in [4.69, 9.17) is 4.74 Å². The van der Waals surface area contributed by atoms with Crippen LogP contribution in [0.5, 0.6) is 5.75 Å². The molecule has 130 valence electrons. The third kappa shape index (κ3) is 6.72. The van der Waals surface area contributed by atoms with Crippen molar-refractivity contribution in [3.05, 3.63) is 102 Å². The fourth-order valence-corrected chi connectivity index (χ4v) is 2.58. The summed E-state index contributed by atoms with van der Waals surface area (Å²) in [7, 11) is 0. The van der Waals surface area contributed by atoms with E-state index in [1.165, 1.54) is 0 Å². The fraction of sp³-hybridized carbons (Fsp3) is 0.0870. The first-order valence-electron chi connectivity index (χ1n) is 8.45. The van der Waals surface area contributed by atoms with Crippen LogP contribution >= 0.6 is 0 Å². The predicted molar refractivity (Wildman–Crippen MR) is 101 cm³/mol. The van der Waals surface area contributed by atoms with Gasteiger partial charge < -0.3 is 14.6 Å². The zero-order chi connectivity index (χ0) is 18.2. The summed E-state index contributed by atoms with van der Waals surface area (Å²) in [5.41, 5.74) is 3.02. The van der Waals surface area contributed by atoms with E-state index in [0.29, 0.717) is 5.75 Å². The van der Waals surface area contributed by atoms with Crippen molar-refractivity contribution in [2.24, 2.45) is 0 Å². The molecular weight excluding hydrogens is 347 g/mol. The topological polar surface area (TPSA) is 49.4 Å². The van der Waals surface area contributed by atoms with E-state index in [1.807, 2.05) is 84.9 Å². The van der Waals surface area contributed by atoms with Gasteiger partial charge in [0.25, 0.3) is 0 Å². The maximum Gasteiger partial charge on any atom is 1.00 e. The zero-order valence-corrected chi connectivity index (χ0v) is 17.2. The number of ether oxygens (including phenoxy) is 1. The fourth-order valence-electron chi connectivity index (χ4n) is 2.58. The molecule has 1 unspecified atom stereocenters. The van der Waals surface area contributed by atoms with Crippen LogP contribution in [-0.4, -0.2) is 12.1 Å². The Morgan fingerprint density at radius 2 is 1.33 bits per heavy atom. The number of hydrogen-bond donors (Lipinski definition) is 0. The zero-order valence-electron chi connectivity index (χ0n) is 15.2. The van der Waals surface area contributed by atoms with Crippen molar-refractivity contribution < 1.29 is 44.2 Å². The third-order valence-corrected chi connectivity index (χ3v) is 3.95. The number of benzene rings is 3. The van der Waals surface area contributed by atoms with E-state index in [1.54, 1.807) is 12.1 Å². The van der Waals surface area contributed by atoms with Gasteiger partial charge in [-0.05, 0) is 28.8 Å². The minimum absolute atomic E-state index is 0. The molecule has 0 saturated carbocycles. The van der Waals surface area contributed by atoms with Crippen LogP contribution in [0.2, 0.25) is 0 Å². The molecule has 3 aromatic rings. The second-order valence-corrected chi connectivity index (χ2v) is 5.93. The average Bonchev–Trinajstić information content (AvgIpc) is 2.68. The number of carbonyl (C=O) groups is 1. The molecule has 4 heteroatoms. The van der Waals surface area contributed by atoms with Gasteiger partial charge in [0.05, 0.1) is 5.97 Å². The first-order valence-corrected chi connectivity index (χ1v) is 8.45. The average molecular weight is 366 g/mol. The summed E-state index contributed by atoms with van der Waals surface area (Å²) in [6, 6.07) is 26.7. The van der Waals surface area contributed by atoms with Crippen LogP contribution < -0.4 is 39.4 Å². The second kappa shape index (κ2) is 10.7. The summed E-state index contributed by atoms with van der Waals surface area (Å²) in [6.45, 7) is 0. The molecule has 1 atom stereocenters. The Kier molecular flexibility index (Phi) is 8.34. The van der Waals surface area contributed by atoms with E-state index in [2.05, 4.69) is 0 Å². The van der Waals surface area contributed by atoms with Crippen LogP contribution in [-0.2, 0) is 11.2 Å². The van der Waals surface area contributed by atoms with Gasteiger partial charge in [-0.1, -0.05) is 84.9 Å². The number of rotatable bonds is 7. The van der Waals surface area contributed by atoms with Gasteiger partial charge in [0.1, 0.15) is 11.9 Å². The number of aliphatic carboxylic acids is 1. The molecule has 3 rings (SSSR count). The Hall–Kier alpha value is -2.33. The Bertz CT molecular complexity index is 859. The van der Waals surface area contributed by atoms with Crippen molar-refractivity contribution in [1.82, 2.24) is 0 Å². The molecule has 0 heterocycles. The Morgan fingerprint density at radius 1 is 0.815 bits per heavy atom. The van der Waals surface area contributed by atoms with Crippen molar-refractivity contribution in [2.75, 3.05) is 0 Å². The monoisotopic (exact) mass is 366 g/mol. The maximum atomic E-state index is 11.4. The SMILES string of the molecule is O=C([O-])C(Cc1ccccc1)Oc1ccc(/C=C\c2ccccc2)cc1.[Na+]. The number of carbonyl (C=O) groups excluding carboxylic acids is 1. The summed E-state index contributed by atoms with van der Waals surface area (Å²) >= 11 is 0. The van der Waals surface area contributed by atoms with Crippen LogP contribution in [0.1, 0.15) is 16.7 Å². The number of carboxylic acid groups (broad SMARTS) is 1. The van der Waals surface area contributed by atoms with E-state index < -0.39 is 12.1 Å². The van der Waals surface area contributed by atoms with E-state index >= 15 is 0 Å². The number of carboxylic acids is 1. The molecule has 0 N–H and O–H groups in total. The molecule has 3 aromatic carbocycles. The first-order chi connectivity index (χ1) is 12.7. The van der Waals surface area contributed by atoms with Crippen molar-refractivity contribution >= 4 is 18.1 Å². The Balaban J connectivity index is 0.00000261. The molecule has 27 heavy (non-hydrogen) atoms. The summed E-state index contributed by atoms with van der Waals surface area (Å²) in [4.78, 5) is 11.4. The van der Waals surface area contributed by atoms with E-state index in [-0.39, 0.29) is 36.0 Å². The summed E-state index contributed by atoms with van der Waals surface area (Å²) < 4.78 is 5.61. The minimum Gasteiger partial charge on any atom is -0.546 e. The van der Waals surface area contributed by atoms with Crippen molar-refractivity contribution in [1.29, 1.82) is 0 Å². The third-order valence-electron chi connectivity index (χ3n) is 3.95. The molecule has 0 aliphatic heterocycles. The molecule has 0 amide bonds. The van der Waals surface area contributed by atoms with E-state index in [9.17, 15) is 9.90 Å². The molecule has 0 saturated heterocycles. The minimum atomic E-state index is -1.22. The standard InChI is InChI=1S/C23H20O3.Na/c24-23(25)22(17-20-9-5-2-6-10-20)26-21-15-13-19(14-16-21)12-11-18-7-3-1-4-8-18;/h1-16,22H,17H2,(H,24,25);/q;+1/p-1/b12-11-;. The van der Waals surface area contributed by atoms with Crippen LogP contribution in [0.25, 0.3) is 12.2 Å². The van der Waals surface area contributed by atoms with Gasteiger partial charge >= 0.3 is 29.6 Å². The molecular formula is C23H19NaO3. The van der Waals surface area contributed by atoms with Gasteiger partial charge in [-0.2, -0.15) is 0 Å². The Morgan fingerprint density at radius 3 is 1.89 bits per heavy atom. The van der Waals surface area contributed by atoms with Gasteiger partial charge in [-0.3, -0.25) is 0 Å². The summed E-state index contributed by atoms with van der Waals surface area (Å²) in [6.07, 6.45) is 3.26. The molecule has 0 fully saturated rings. The summed E-state index contributed by atoms with van der Waals surface area (Å²) in [5, 5.41) is 11.4. The molecule has 0 bridgehead atoms. The Labute approximate surface area is 181 Å². The van der Waals surface area contributed by atoms with Crippen LogP contribution in [0.3, 0.4) is 0 Å². The quantitative estimate of drug-likeness (QED) is 0.455. The molecule has 0 aliphatic rings. The molecule has 0 radical (unpaired) electrons. The predicted octanol–water partition coefficient (Wildman–Crippen LogP) is 0.601. The van der Waals surface area contributed by atoms with Crippen LogP contribution in [0.15, 0.2) is 84.9 Å². The molecule has 0 spiro atoms.